The predicted octanol–water partition coefficient (Wildman–Crippen LogP) is 4.49. The summed E-state index contributed by atoms with van der Waals surface area (Å²) in [5.74, 6) is 0.635. The molecule has 37 heavy (non-hydrogen) atoms. The number of anilines is 1. The molecule has 2 unspecified atom stereocenters. The number of nitrogens with zero attached hydrogens (tertiary/aromatic N) is 5. The minimum atomic E-state index is -3.81. The third-order valence-corrected chi connectivity index (χ3v) is 6.52. The molecule has 0 radical (unpaired) electrons. The molecule has 3 aliphatic rings. The lowest BCUT2D eigenvalue weighted by atomic mass is 9.90. The van der Waals surface area contributed by atoms with Crippen LogP contribution < -0.4 is 5.32 Å². The average molecular weight is 507 g/mol. The van der Waals surface area contributed by atoms with Crippen LogP contribution in [0.3, 0.4) is 0 Å². The molecule has 3 aromatic rings. The summed E-state index contributed by atoms with van der Waals surface area (Å²) in [6.07, 6.45) is 2.39. The van der Waals surface area contributed by atoms with Crippen molar-refractivity contribution in [1.29, 1.82) is 0 Å². The van der Waals surface area contributed by atoms with Gasteiger partial charge >= 0.3 is 6.29 Å². The number of alkyl halides is 2. The van der Waals surface area contributed by atoms with Crippen molar-refractivity contribution in [3.05, 3.63) is 71.8 Å². The topological polar surface area (TPSA) is 104 Å². The van der Waals surface area contributed by atoms with E-state index in [1.807, 2.05) is 30.5 Å². The zero-order valence-electron chi connectivity index (χ0n) is 20.1. The third kappa shape index (κ3) is 4.67. The maximum absolute atomic E-state index is 14.0. The first-order chi connectivity index (χ1) is 17.8. The van der Waals surface area contributed by atoms with Crippen molar-refractivity contribution in [2.24, 2.45) is 0 Å². The first kappa shape index (κ1) is 23.6. The van der Waals surface area contributed by atoms with E-state index in [4.69, 9.17) is 9.47 Å². The maximum atomic E-state index is 14.0. The van der Waals surface area contributed by atoms with Crippen molar-refractivity contribution < 1.29 is 23.0 Å². The zero-order valence-corrected chi connectivity index (χ0v) is 20.1. The number of ether oxygens (including phenoxy) is 2. The van der Waals surface area contributed by atoms with Gasteiger partial charge in [0.1, 0.15) is 30.0 Å². The standard InChI is InChI=1S/C26H24F2N6O3/c1-14(2)34-13-30-33-24(34)20-4-3-5-22(31-20)32-25(35)18-10-17(11-21-23(18)37-26(27,28)36-21)16-8-9-19(29-12-16)15-6-7-15/h3-5,8-15,21,23H,6-7H2,1-2H3,(H,31,32,35). The number of carbonyl (C=O) groups excluding carboxylic acids is 1. The highest BCUT2D eigenvalue weighted by Crippen LogP contribution is 2.42. The van der Waals surface area contributed by atoms with Crippen LogP contribution >= 0.6 is 0 Å². The molecular formula is C26H24F2N6O3. The Bertz CT molecular complexity index is 1410. The molecule has 0 bridgehead atoms. The maximum Gasteiger partial charge on any atom is 0.486 e. The van der Waals surface area contributed by atoms with E-state index in [0.717, 1.165) is 18.5 Å². The second-order valence-electron chi connectivity index (χ2n) is 9.57. The van der Waals surface area contributed by atoms with Crippen molar-refractivity contribution in [3.63, 3.8) is 0 Å². The number of nitrogens with one attached hydrogen (secondary N) is 1. The molecule has 6 rings (SSSR count). The van der Waals surface area contributed by atoms with Gasteiger partial charge in [0, 0.05) is 29.4 Å². The van der Waals surface area contributed by atoms with Crippen LogP contribution in [0.25, 0.3) is 17.1 Å². The average Bonchev–Trinajstić information content (AvgIpc) is 3.50. The monoisotopic (exact) mass is 506 g/mol. The number of amides is 1. The Balaban J connectivity index is 1.29. The predicted molar refractivity (Wildman–Crippen MR) is 129 cm³/mol. The number of halogens is 2. The molecule has 1 saturated heterocycles. The molecule has 1 saturated carbocycles. The van der Waals surface area contributed by atoms with Gasteiger partial charge < -0.3 is 9.88 Å². The van der Waals surface area contributed by atoms with Crippen molar-refractivity contribution in [2.45, 2.75) is 57.2 Å². The fourth-order valence-corrected chi connectivity index (χ4v) is 4.49. The summed E-state index contributed by atoms with van der Waals surface area (Å²) in [6.45, 7) is 3.98. The van der Waals surface area contributed by atoms with Crippen molar-refractivity contribution in [2.75, 3.05) is 5.32 Å². The summed E-state index contributed by atoms with van der Waals surface area (Å²) in [6, 6.07) is 8.99. The Kier molecular flexibility index (Phi) is 5.68. The number of pyridine rings is 2. The zero-order chi connectivity index (χ0) is 25.7. The van der Waals surface area contributed by atoms with E-state index >= 15 is 0 Å². The summed E-state index contributed by atoms with van der Waals surface area (Å²) in [5.41, 5.74) is 2.76. The molecule has 0 aromatic carbocycles. The van der Waals surface area contributed by atoms with Crippen LogP contribution in [0.5, 0.6) is 0 Å². The van der Waals surface area contributed by atoms with Crippen molar-refractivity contribution >= 4 is 17.3 Å². The van der Waals surface area contributed by atoms with Gasteiger partial charge in [0.2, 0.25) is 0 Å². The van der Waals surface area contributed by atoms with E-state index < -0.39 is 24.4 Å². The normalized spacial score (nSPS) is 22.4. The molecule has 2 atom stereocenters. The van der Waals surface area contributed by atoms with Crippen LogP contribution in [-0.4, -0.2) is 49.1 Å². The minimum absolute atomic E-state index is 0.00324. The molecule has 4 heterocycles. The molecule has 2 fully saturated rings. The molecule has 1 N–H and O–H groups in total. The fraction of sp³-hybridized carbons (Fsp3) is 0.346. The SMILES string of the molecule is CC(C)n1cnnc1-c1cccc(NC(=O)C2=CC(c3ccc(C4CC4)nc3)=CC3OC(F)(F)OC23)n1. The molecular weight excluding hydrogens is 482 g/mol. The highest BCUT2D eigenvalue weighted by Gasteiger charge is 2.52. The highest BCUT2D eigenvalue weighted by molar-refractivity contribution is 6.06. The fourth-order valence-electron chi connectivity index (χ4n) is 4.49. The lowest BCUT2D eigenvalue weighted by Gasteiger charge is -2.22. The van der Waals surface area contributed by atoms with Gasteiger partial charge in [0.25, 0.3) is 5.91 Å². The van der Waals surface area contributed by atoms with Gasteiger partial charge in [0.05, 0.1) is 0 Å². The van der Waals surface area contributed by atoms with E-state index in [9.17, 15) is 13.6 Å². The number of allylic oxidation sites excluding steroid dienone is 2. The number of hydrogen-bond acceptors (Lipinski definition) is 7. The van der Waals surface area contributed by atoms with Gasteiger partial charge in [-0.3, -0.25) is 19.3 Å². The van der Waals surface area contributed by atoms with Crippen LogP contribution in [0.4, 0.5) is 14.6 Å². The number of carbonyl (C=O) groups is 1. The molecule has 1 amide bonds. The van der Waals surface area contributed by atoms with Crippen molar-refractivity contribution in [3.8, 4) is 11.5 Å². The van der Waals surface area contributed by atoms with Crippen LogP contribution in [-0.2, 0) is 14.3 Å². The summed E-state index contributed by atoms with van der Waals surface area (Å²) >= 11 is 0. The second kappa shape index (κ2) is 8.93. The van der Waals surface area contributed by atoms with Gasteiger partial charge in [-0.15, -0.1) is 19.0 Å². The first-order valence-corrected chi connectivity index (χ1v) is 12.1. The van der Waals surface area contributed by atoms with Crippen LogP contribution in [0.1, 0.15) is 49.9 Å². The summed E-state index contributed by atoms with van der Waals surface area (Å²) in [7, 11) is 0. The van der Waals surface area contributed by atoms with Crippen LogP contribution in [0.2, 0.25) is 0 Å². The lowest BCUT2D eigenvalue weighted by Crippen LogP contribution is -2.33. The quantitative estimate of drug-likeness (QED) is 0.525. The van der Waals surface area contributed by atoms with Gasteiger partial charge in [-0.25, -0.2) is 4.98 Å². The van der Waals surface area contributed by atoms with Gasteiger partial charge in [-0.05, 0) is 68.2 Å². The number of aromatic nitrogens is 5. The molecule has 3 aromatic heterocycles. The van der Waals surface area contributed by atoms with E-state index in [1.165, 1.54) is 12.2 Å². The van der Waals surface area contributed by atoms with Crippen molar-refractivity contribution in [1.82, 2.24) is 24.7 Å². The smallest absolute Gasteiger partial charge is 0.310 e. The van der Waals surface area contributed by atoms with E-state index in [2.05, 4.69) is 25.5 Å². The number of rotatable bonds is 6. The van der Waals surface area contributed by atoms with Gasteiger partial charge in [-0.1, -0.05) is 12.1 Å². The first-order valence-electron chi connectivity index (χ1n) is 12.1. The minimum Gasteiger partial charge on any atom is -0.310 e. The number of hydrogen-bond donors (Lipinski definition) is 1. The molecule has 9 nitrogen and oxygen atoms in total. The van der Waals surface area contributed by atoms with E-state index in [0.29, 0.717) is 28.6 Å². The van der Waals surface area contributed by atoms with Gasteiger partial charge in [0.15, 0.2) is 5.82 Å². The third-order valence-electron chi connectivity index (χ3n) is 6.52. The summed E-state index contributed by atoms with van der Waals surface area (Å²) in [4.78, 5) is 22.3. The molecule has 11 heteroatoms. The Labute approximate surface area is 211 Å². The molecule has 0 spiro atoms. The summed E-state index contributed by atoms with van der Waals surface area (Å²) in [5, 5.41) is 10.8. The lowest BCUT2D eigenvalue weighted by molar-refractivity contribution is -0.347. The largest absolute Gasteiger partial charge is 0.486 e. The van der Waals surface area contributed by atoms with Crippen LogP contribution in [0.15, 0.2) is 60.6 Å². The van der Waals surface area contributed by atoms with Crippen LogP contribution in [0, 0.1) is 0 Å². The second-order valence-corrected chi connectivity index (χ2v) is 9.57. The van der Waals surface area contributed by atoms with Gasteiger partial charge in [-0.2, -0.15) is 0 Å². The summed E-state index contributed by atoms with van der Waals surface area (Å²) < 4.78 is 39.5. The van der Waals surface area contributed by atoms with E-state index in [1.54, 1.807) is 30.7 Å². The highest BCUT2D eigenvalue weighted by atomic mass is 19.3. The molecule has 2 aliphatic carbocycles. The molecule has 190 valence electrons. The number of fused-ring (bicyclic) bond motifs is 1. The Hall–Kier alpha value is -3.83. The Morgan fingerprint density at radius 1 is 1.19 bits per heavy atom. The Morgan fingerprint density at radius 2 is 2.03 bits per heavy atom. The Morgan fingerprint density at radius 3 is 2.76 bits per heavy atom. The van der Waals surface area contributed by atoms with E-state index in [-0.39, 0.29) is 17.4 Å². The molecule has 1 aliphatic heterocycles.